The summed E-state index contributed by atoms with van der Waals surface area (Å²) < 4.78 is 39.2. The van der Waals surface area contributed by atoms with Gasteiger partial charge in [-0.3, -0.25) is 0 Å². The molecule has 3 aromatic rings. The molecule has 1 aliphatic heterocycles. The molecule has 1 aromatic carbocycles. The third-order valence-corrected chi connectivity index (χ3v) is 5.48. The van der Waals surface area contributed by atoms with Crippen molar-refractivity contribution in [1.82, 2.24) is 19.7 Å². The molecule has 0 radical (unpaired) electrons. The van der Waals surface area contributed by atoms with Gasteiger partial charge in [0.2, 0.25) is 16.0 Å². The predicted octanol–water partition coefficient (Wildman–Crippen LogP) is 2.38. The quantitative estimate of drug-likeness (QED) is 0.669. The summed E-state index contributed by atoms with van der Waals surface area (Å²) >= 11 is 0. The second kappa shape index (κ2) is 6.78. The van der Waals surface area contributed by atoms with Crippen LogP contribution in [0, 0.1) is 11.2 Å². The van der Waals surface area contributed by atoms with Crippen molar-refractivity contribution < 1.29 is 12.8 Å². The van der Waals surface area contributed by atoms with Crippen LogP contribution in [-0.4, -0.2) is 34.7 Å². The minimum atomic E-state index is -3.78. The lowest BCUT2D eigenvalue weighted by atomic mass is 9.91. The highest BCUT2D eigenvalue weighted by Crippen LogP contribution is 2.36. The molecule has 0 unspecified atom stereocenters. The molecule has 0 saturated heterocycles. The first-order chi connectivity index (χ1) is 13.6. The maximum atomic E-state index is 14.6. The number of hydrogen-bond acceptors (Lipinski definition) is 7. The third kappa shape index (κ3) is 3.91. The van der Waals surface area contributed by atoms with Crippen LogP contribution < -0.4 is 15.4 Å². The number of halogens is 1. The summed E-state index contributed by atoms with van der Waals surface area (Å²) in [4.78, 5) is 10.1. The van der Waals surface area contributed by atoms with E-state index in [2.05, 4.69) is 34.2 Å². The first kappa shape index (κ1) is 19.3. The van der Waals surface area contributed by atoms with Gasteiger partial charge < -0.3 is 10.2 Å². The monoisotopic (exact) mass is 417 g/mol. The van der Waals surface area contributed by atoms with E-state index in [1.165, 1.54) is 24.3 Å². The van der Waals surface area contributed by atoms with Crippen LogP contribution in [0.1, 0.15) is 13.8 Å². The standard InChI is InChI=1S/C18H20FN7O2S/c1-18(2)10-25(15-7-8-22-26(15)11-18)16-14(19)9-21-17(24-16)23-12-3-5-13(6-4-12)29(20,27)28/h3-9H,10-11H2,1-2H3,(H2,20,27,28)(H,21,23,24). The van der Waals surface area contributed by atoms with E-state index in [-0.39, 0.29) is 22.1 Å². The summed E-state index contributed by atoms with van der Waals surface area (Å²) in [6.07, 6.45) is 2.78. The molecule has 0 fully saturated rings. The van der Waals surface area contributed by atoms with Crippen LogP contribution in [0.5, 0.6) is 0 Å². The van der Waals surface area contributed by atoms with Crippen molar-refractivity contribution in [3.8, 4) is 0 Å². The molecule has 0 amide bonds. The van der Waals surface area contributed by atoms with Crippen molar-refractivity contribution >= 4 is 33.3 Å². The number of hydrogen-bond donors (Lipinski definition) is 2. The Morgan fingerprint density at radius 3 is 2.59 bits per heavy atom. The van der Waals surface area contributed by atoms with Crippen molar-refractivity contribution in [3.63, 3.8) is 0 Å². The number of fused-ring (bicyclic) bond motifs is 1. The number of sulfonamides is 1. The van der Waals surface area contributed by atoms with E-state index in [0.29, 0.717) is 12.2 Å². The first-order valence-corrected chi connectivity index (χ1v) is 10.4. The van der Waals surface area contributed by atoms with Gasteiger partial charge in [0.25, 0.3) is 0 Å². The van der Waals surface area contributed by atoms with Crippen LogP contribution in [-0.2, 0) is 16.6 Å². The van der Waals surface area contributed by atoms with E-state index in [0.717, 1.165) is 18.6 Å². The largest absolute Gasteiger partial charge is 0.324 e. The second-order valence-corrected chi connectivity index (χ2v) is 9.22. The van der Waals surface area contributed by atoms with Gasteiger partial charge in [-0.2, -0.15) is 10.1 Å². The van der Waals surface area contributed by atoms with Crippen molar-refractivity contribution in [2.75, 3.05) is 16.8 Å². The SMILES string of the molecule is CC1(C)CN(c2nc(Nc3ccc(S(N)(=O)=O)cc3)ncc2F)c2ccnn2C1. The maximum Gasteiger partial charge on any atom is 0.238 e. The molecule has 11 heteroatoms. The summed E-state index contributed by atoms with van der Waals surface area (Å²) in [5, 5.41) is 12.4. The number of anilines is 4. The fourth-order valence-corrected chi connectivity index (χ4v) is 3.80. The average molecular weight is 417 g/mol. The fourth-order valence-electron chi connectivity index (χ4n) is 3.29. The molecule has 9 nitrogen and oxygen atoms in total. The zero-order chi connectivity index (χ0) is 20.8. The third-order valence-electron chi connectivity index (χ3n) is 4.55. The van der Waals surface area contributed by atoms with Crippen LogP contribution in [0.2, 0.25) is 0 Å². The van der Waals surface area contributed by atoms with Crippen molar-refractivity contribution in [2.45, 2.75) is 25.3 Å². The van der Waals surface area contributed by atoms with Crippen molar-refractivity contribution in [2.24, 2.45) is 10.6 Å². The zero-order valence-electron chi connectivity index (χ0n) is 15.9. The van der Waals surface area contributed by atoms with Crippen LogP contribution in [0.3, 0.4) is 0 Å². The molecule has 0 spiro atoms. The molecule has 4 rings (SSSR count). The zero-order valence-corrected chi connectivity index (χ0v) is 16.7. The molecular weight excluding hydrogens is 397 g/mol. The second-order valence-electron chi connectivity index (χ2n) is 7.66. The van der Waals surface area contributed by atoms with Gasteiger partial charge in [-0.25, -0.2) is 27.6 Å². The van der Waals surface area contributed by atoms with Crippen molar-refractivity contribution in [3.05, 3.63) is 48.5 Å². The average Bonchev–Trinajstić information content (AvgIpc) is 3.09. The number of nitrogens with zero attached hydrogens (tertiary/aromatic N) is 5. The molecule has 0 saturated carbocycles. The molecule has 2 aromatic heterocycles. The molecule has 3 N–H and O–H groups in total. The normalized spacial score (nSPS) is 15.8. The highest BCUT2D eigenvalue weighted by atomic mass is 32.2. The minimum absolute atomic E-state index is 0.00688. The van der Waals surface area contributed by atoms with E-state index in [1.54, 1.807) is 11.1 Å². The van der Waals surface area contributed by atoms with Gasteiger partial charge in [-0.1, -0.05) is 13.8 Å². The highest BCUT2D eigenvalue weighted by Gasteiger charge is 2.33. The van der Waals surface area contributed by atoms with Crippen LogP contribution in [0.25, 0.3) is 0 Å². The van der Waals surface area contributed by atoms with E-state index in [4.69, 9.17) is 5.14 Å². The van der Waals surface area contributed by atoms with Crippen molar-refractivity contribution in [1.29, 1.82) is 0 Å². The van der Waals surface area contributed by atoms with Crippen LogP contribution in [0.15, 0.2) is 47.6 Å². The molecule has 29 heavy (non-hydrogen) atoms. The van der Waals surface area contributed by atoms with Gasteiger partial charge in [0.1, 0.15) is 5.82 Å². The minimum Gasteiger partial charge on any atom is -0.324 e. The smallest absolute Gasteiger partial charge is 0.238 e. The molecule has 3 heterocycles. The molecule has 152 valence electrons. The molecule has 0 aliphatic carbocycles. The Balaban J connectivity index is 1.65. The number of nitrogens with two attached hydrogens (primary N) is 1. The van der Waals surface area contributed by atoms with Gasteiger partial charge in [0.15, 0.2) is 11.6 Å². The Hall–Kier alpha value is -3.05. The van der Waals surface area contributed by atoms with E-state index in [9.17, 15) is 12.8 Å². The molecule has 1 aliphatic rings. The lowest BCUT2D eigenvalue weighted by Crippen LogP contribution is -2.41. The van der Waals surface area contributed by atoms with Gasteiger partial charge in [-0.05, 0) is 24.3 Å². The Morgan fingerprint density at radius 2 is 1.90 bits per heavy atom. The Kier molecular flexibility index (Phi) is 4.50. The summed E-state index contributed by atoms with van der Waals surface area (Å²) in [7, 11) is -3.78. The Bertz CT molecular complexity index is 1160. The topological polar surface area (TPSA) is 119 Å². The highest BCUT2D eigenvalue weighted by molar-refractivity contribution is 7.89. The molecular formula is C18H20FN7O2S. The lowest BCUT2D eigenvalue weighted by Gasteiger charge is -2.38. The molecule has 0 bridgehead atoms. The predicted molar refractivity (Wildman–Crippen MR) is 106 cm³/mol. The number of nitrogens with one attached hydrogen (secondary N) is 1. The summed E-state index contributed by atoms with van der Waals surface area (Å²) in [6.45, 7) is 5.45. The number of aromatic nitrogens is 4. The fraction of sp³-hybridized carbons (Fsp3) is 0.278. The van der Waals surface area contributed by atoms with Crippen LogP contribution >= 0.6 is 0 Å². The van der Waals surface area contributed by atoms with Gasteiger partial charge in [0.05, 0.1) is 17.3 Å². The van der Waals surface area contributed by atoms with Gasteiger partial charge in [0, 0.05) is 30.3 Å². The van der Waals surface area contributed by atoms with Gasteiger partial charge >= 0.3 is 0 Å². The van der Waals surface area contributed by atoms with Crippen LogP contribution in [0.4, 0.5) is 27.7 Å². The number of rotatable bonds is 4. The van der Waals surface area contributed by atoms with Gasteiger partial charge in [-0.15, -0.1) is 0 Å². The summed E-state index contributed by atoms with van der Waals surface area (Å²) in [5.74, 6) is 0.522. The first-order valence-electron chi connectivity index (χ1n) is 8.84. The van der Waals surface area contributed by atoms with E-state index < -0.39 is 15.8 Å². The maximum absolute atomic E-state index is 14.6. The Labute approximate surface area is 167 Å². The number of benzene rings is 1. The number of primary sulfonamides is 1. The lowest BCUT2D eigenvalue weighted by molar-refractivity contribution is 0.276. The molecule has 0 atom stereocenters. The summed E-state index contributed by atoms with van der Waals surface area (Å²) in [6, 6.07) is 7.62. The Morgan fingerprint density at radius 1 is 1.17 bits per heavy atom. The van der Waals surface area contributed by atoms with E-state index in [1.807, 2.05) is 10.7 Å². The summed E-state index contributed by atoms with van der Waals surface area (Å²) in [5.41, 5.74) is 0.409. The van der Waals surface area contributed by atoms with E-state index >= 15 is 0 Å².